The van der Waals surface area contributed by atoms with Gasteiger partial charge in [0.25, 0.3) is 5.91 Å². The number of aromatic nitrogens is 1. The van der Waals surface area contributed by atoms with Crippen molar-refractivity contribution in [3.63, 3.8) is 0 Å². The third kappa shape index (κ3) is 3.38. The van der Waals surface area contributed by atoms with E-state index >= 15 is 0 Å². The quantitative estimate of drug-likeness (QED) is 0.825. The first kappa shape index (κ1) is 19.5. The Hall–Kier alpha value is -2.44. The second-order valence-corrected chi connectivity index (χ2v) is 8.85. The highest BCUT2D eigenvalue weighted by molar-refractivity contribution is 5.95. The summed E-state index contributed by atoms with van der Waals surface area (Å²) in [6, 6.07) is 14.5. The van der Waals surface area contributed by atoms with Crippen LogP contribution in [-0.2, 0) is 11.2 Å². The topological polar surface area (TPSA) is 65.9 Å². The first-order valence-corrected chi connectivity index (χ1v) is 11.0. The molecular formula is C24H29N3O3. The molecule has 2 aromatic rings. The van der Waals surface area contributed by atoms with Crippen LogP contribution in [0.1, 0.15) is 35.2 Å². The van der Waals surface area contributed by atoms with Gasteiger partial charge in [-0.3, -0.25) is 4.79 Å². The number of hydrogen-bond donors (Lipinski definition) is 1. The molecule has 158 valence electrons. The predicted octanol–water partition coefficient (Wildman–Crippen LogP) is 2.52. The van der Waals surface area contributed by atoms with Crippen LogP contribution in [0.4, 0.5) is 5.82 Å². The minimum atomic E-state index is -0.249. The van der Waals surface area contributed by atoms with Crippen molar-refractivity contribution in [3.05, 3.63) is 59.8 Å². The summed E-state index contributed by atoms with van der Waals surface area (Å²) in [5, 5.41) is 10.4. The lowest BCUT2D eigenvalue weighted by atomic mass is 9.70. The van der Waals surface area contributed by atoms with Crippen LogP contribution in [0.5, 0.6) is 0 Å². The number of morpholine rings is 1. The Morgan fingerprint density at radius 3 is 2.63 bits per heavy atom. The van der Waals surface area contributed by atoms with Crippen molar-refractivity contribution in [1.29, 1.82) is 0 Å². The minimum Gasteiger partial charge on any atom is -0.396 e. The Labute approximate surface area is 177 Å². The van der Waals surface area contributed by atoms with Crippen LogP contribution >= 0.6 is 0 Å². The van der Waals surface area contributed by atoms with E-state index in [1.807, 2.05) is 35.2 Å². The number of pyridine rings is 1. The fourth-order valence-electron chi connectivity index (χ4n) is 5.66. The zero-order valence-electron chi connectivity index (χ0n) is 17.2. The molecule has 0 aliphatic carbocycles. The Bertz CT molecular complexity index is 882. The second-order valence-electron chi connectivity index (χ2n) is 8.85. The average Bonchev–Trinajstić information content (AvgIpc) is 3.36. The van der Waals surface area contributed by atoms with Gasteiger partial charge in [-0.25, -0.2) is 4.98 Å². The van der Waals surface area contributed by atoms with Crippen LogP contribution in [0.25, 0.3) is 0 Å². The van der Waals surface area contributed by atoms with Crippen LogP contribution in [0, 0.1) is 5.41 Å². The lowest BCUT2D eigenvalue weighted by molar-refractivity contribution is 0.0571. The van der Waals surface area contributed by atoms with Crippen LogP contribution < -0.4 is 4.90 Å². The molecule has 1 N–H and O–H groups in total. The van der Waals surface area contributed by atoms with Gasteiger partial charge in [0.1, 0.15) is 5.82 Å². The molecule has 3 aliphatic rings. The Kier molecular flexibility index (Phi) is 5.21. The summed E-state index contributed by atoms with van der Waals surface area (Å²) < 4.78 is 5.40. The number of fused-ring (bicyclic) bond motifs is 2. The molecule has 0 unspecified atom stereocenters. The van der Waals surface area contributed by atoms with Gasteiger partial charge in [0, 0.05) is 36.8 Å². The summed E-state index contributed by atoms with van der Waals surface area (Å²) in [7, 11) is 0. The average molecular weight is 408 g/mol. The SMILES string of the molecule is O=C(c1ccc(N2CCOCC2)nc1)N1[C@@H]2CC[C@H]1[C@](CO)(Cc1ccccc1)C2. The molecule has 3 atom stereocenters. The number of aliphatic hydroxyl groups excluding tert-OH is 1. The first-order valence-electron chi connectivity index (χ1n) is 11.0. The van der Waals surface area contributed by atoms with Gasteiger partial charge in [-0.2, -0.15) is 0 Å². The first-order chi connectivity index (χ1) is 14.7. The zero-order chi connectivity index (χ0) is 20.6. The standard InChI is InChI=1S/C24H29N3O3/c28-17-24(14-18-4-2-1-3-5-18)15-20-7-8-21(24)27(20)23(29)19-6-9-22(25-16-19)26-10-12-30-13-11-26/h1-6,9,16,20-21,28H,7-8,10-15,17H2/t20-,21+,24-/m1/s1. The highest BCUT2D eigenvalue weighted by Gasteiger charge is 2.57. The van der Waals surface area contributed by atoms with Crippen molar-refractivity contribution < 1.29 is 14.6 Å². The molecule has 0 spiro atoms. The summed E-state index contributed by atoms with van der Waals surface area (Å²) in [5.74, 6) is 0.944. The number of ether oxygens (including phenoxy) is 1. The number of aliphatic hydroxyl groups is 1. The van der Waals surface area contributed by atoms with Crippen LogP contribution in [0.3, 0.4) is 0 Å². The number of carbonyl (C=O) groups excluding carboxylic acids is 1. The van der Waals surface area contributed by atoms with Gasteiger partial charge in [0.2, 0.25) is 0 Å². The van der Waals surface area contributed by atoms with Crippen LogP contribution in [0.2, 0.25) is 0 Å². The maximum absolute atomic E-state index is 13.4. The van der Waals surface area contributed by atoms with Crippen molar-refractivity contribution in [2.75, 3.05) is 37.8 Å². The maximum atomic E-state index is 13.4. The number of nitrogens with zero attached hydrogens (tertiary/aromatic N) is 3. The Morgan fingerprint density at radius 2 is 1.93 bits per heavy atom. The highest BCUT2D eigenvalue weighted by atomic mass is 16.5. The third-order valence-corrected chi connectivity index (χ3v) is 7.13. The lowest BCUT2D eigenvalue weighted by Gasteiger charge is -2.36. The largest absolute Gasteiger partial charge is 0.396 e. The molecule has 6 heteroatoms. The molecule has 30 heavy (non-hydrogen) atoms. The fourth-order valence-corrected chi connectivity index (χ4v) is 5.66. The van der Waals surface area contributed by atoms with E-state index in [1.54, 1.807) is 6.20 Å². The minimum absolute atomic E-state index is 0.0481. The van der Waals surface area contributed by atoms with Gasteiger partial charge in [-0.15, -0.1) is 0 Å². The molecule has 3 saturated heterocycles. The van der Waals surface area contributed by atoms with Crippen LogP contribution in [-0.4, -0.2) is 65.9 Å². The van der Waals surface area contributed by atoms with Crippen molar-refractivity contribution in [2.45, 2.75) is 37.8 Å². The molecular weight excluding hydrogens is 378 g/mol. The Morgan fingerprint density at radius 1 is 1.13 bits per heavy atom. The van der Waals surface area contributed by atoms with Gasteiger partial charge in [0.15, 0.2) is 0 Å². The molecule has 0 saturated carbocycles. The number of amides is 1. The molecule has 1 aromatic heterocycles. The van der Waals surface area contributed by atoms with Crippen molar-refractivity contribution >= 4 is 11.7 Å². The number of benzene rings is 1. The molecule has 2 bridgehead atoms. The van der Waals surface area contributed by atoms with E-state index in [9.17, 15) is 9.90 Å². The molecule has 1 amide bonds. The van der Waals surface area contributed by atoms with E-state index in [1.165, 1.54) is 5.56 Å². The number of anilines is 1. The zero-order valence-corrected chi connectivity index (χ0v) is 17.2. The molecule has 6 nitrogen and oxygen atoms in total. The predicted molar refractivity (Wildman–Crippen MR) is 115 cm³/mol. The lowest BCUT2D eigenvalue weighted by Crippen LogP contribution is -2.44. The van der Waals surface area contributed by atoms with E-state index in [-0.39, 0.29) is 30.0 Å². The van der Waals surface area contributed by atoms with Crippen LogP contribution in [0.15, 0.2) is 48.7 Å². The van der Waals surface area contributed by atoms with Gasteiger partial charge < -0.3 is 19.6 Å². The summed E-state index contributed by atoms with van der Waals surface area (Å²) in [6.07, 6.45) is 5.37. The summed E-state index contributed by atoms with van der Waals surface area (Å²) in [4.78, 5) is 22.2. The number of carbonyl (C=O) groups is 1. The second kappa shape index (κ2) is 8.00. The van der Waals surface area contributed by atoms with E-state index < -0.39 is 0 Å². The molecule has 0 radical (unpaired) electrons. The Balaban J connectivity index is 1.34. The number of hydrogen-bond acceptors (Lipinski definition) is 5. The molecule has 1 aromatic carbocycles. The summed E-state index contributed by atoms with van der Waals surface area (Å²) in [5.41, 5.74) is 1.61. The van der Waals surface area contributed by atoms with Gasteiger partial charge >= 0.3 is 0 Å². The maximum Gasteiger partial charge on any atom is 0.255 e. The normalized spacial score (nSPS) is 28.2. The van der Waals surface area contributed by atoms with E-state index in [4.69, 9.17) is 4.74 Å². The van der Waals surface area contributed by atoms with E-state index in [0.717, 1.165) is 44.6 Å². The van der Waals surface area contributed by atoms with Crippen molar-refractivity contribution in [2.24, 2.45) is 5.41 Å². The fraction of sp³-hybridized carbons (Fsp3) is 0.500. The van der Waals surface area contributed by atoms with Crippen molar-refractivity contribution in [3.8, 4) is 0 Å². The monoisotopic (exact) mass is 407 g/mol. The summed E-state index contributed by atoms with van der Waals surface area (Å²) >= 11 is 0. The van der Waals surface area contributed by atoms with Gasteiger partial charge in [-0.1, -0.05) is 30.3 Å². The molecule has 3 aliphatic heterocycles. The molecule has 5 rings (SSSR count). The third-order valence-electron chi connectivity index (χ3n) is 7.13. The van der Waals surface area contributed by atoms with Gasteiger partial charge in [-0.05, 0) is 43.4 Å². The van der Waals surface area contributed by atoms with Crippen molar-refractivity contribution in [1.82, 2.24) is 9.88 Å². The van der Waals surface area contributed by atoms with E-state index in [0.29, 0.717) is 18.8 Å². The summed E-state index contributed by atoms with van der Waals surface area (Å²) in [6.45, 7) is 3.19. The molecule has 4 heterocycles. The number of rotatable bonds is 5. The highest BCUT2D eigenvalue weighted by Crippen LogP contribution is 2.51. The smallest absolute Gasteiger partial charge is 0.255 e. The molecule has 3 fully saturated rings. The van der Waals surface area contributed by atoms with Gasteiger partial charge in [0.05, 0.1) is 25.4 Å². The van der Waals surface area contributed by atoms with E-state index in [2.05, 4.69) is 22.0 Å².